The Morgan fingerprint density at radius 1 is 1.00 bits per heavy atom. The Morgan fingerprint density at radius 2 is 1.79 bits per heavy atom. The van der Waals surface area contributed by atoms with Crippen molar-refractivity contribution in [3.8, 4) is 28.4 Å². The molecule has 0 atom stereocenters. The Bertz CT molecular complexity index is 1320. The molecule has 0 aliphatic rings. The van der Waals surface area contributed by atoms with Gasteiger partial charge in [-0.1, -0.05) is 23.2 Å². The normalized spacial score (nSPS) is 11.2. The lowest BCUT2D eigenvalue weighted by molar-refractivity contribution is -0.111. The summed E-state index contributed by atoms with van der Waals surface area (Å²) < 4.78 is 16.7. The summed E-state index contributed by atoms with van der Waals surface area (Å²) in [5.41, 5.74) is 1.91. The molecule has 2 aromatic heterocycles. The van der Waals surface area contributed by atoms with Gasteiger partial charge >= 0.3 is 0 Å². The SMILES string of the molecule is COc1ccc(NC(=O)/C=C/c2ccc(-c3ccc(Cl)cc3Cl)o2)cc1-c1ccc(CO)o1. The third-order valence-electron chi connectivity index (χ3n) is 4.77. The number of hydrogen-bond acceptors (Lipinski definition) is 5. The van der Waals surface area contributed by atoms with Crippen LogP contribution in [0.1, 0.15) is 11.5 Å². The predicted molar refractivity (Wildman–Crippen MR) is 128 cm³/mol. The summed E-state index contributed by atoms with van der Waals surface area (Å²) in [5.74, 6) is 2.25. The summed E-state index contributed by atoms with van der Waals surface area (Å²) in [6.45, 7) is -0.206. The van der Waals surface area contributed by atoms with E-state index in [4.69, 9.17) is 36.8 Å². The monoisotopic (exact) mass is 483 g/mol. The van der Waals surface area contributed by atoms with E-state index < -0.39 is 0 Å². The van der Waals surface area contributed by atoms with Crippen molar-refractivity contribution >= 4 is 40.9 Å². The number of amides is 1. The molecule has 4 aromatic rings. The van der Waals surface area contributed by atoms with Gasteiger partial charge in [0.15, 0.2) is 0 Å². The highest BCUT2D eigenvalue weighted by molar-refractivity contribution is 6.36. The highest BCUT2D eigenvalue weighted by atomic mass is 35.5. The molecule has 1 amide bonds. The second-order valence-electron chi connectivity index (χ2n) is 6.99. The Balaban J connectivity index is 1.48. The zero-order chi connectivity index (χ0) is 23.4. The molecule has 0 unspecified atom stereocenters. The number of halogens is 2. The smallest absolute Gasteiger partial charge is 0.248 e. The van der Waals surface area contributed by atoms with Crippen LogP contribution in [-0.4, -0.2) is 18.1 Å². The van der Waals surface area contributed by atoms with Crippen LogP contribution in [0, 0.1) is 0 Å². The number of aliphatic hydroxyl groups excluding tert-OH is 1. The first kappa shape index (κ1) is 22.7. The van der Waals surface area contributed by atoms with E-state index in [1.54, 1.807) is 73.8 Å². The first-order valence-electron chi connectivity index (χ1n) is 9.89. The van der Waals surface area contributed by atoms with Gasteiger partial charge in [0.1, 0.15) is 35.4 Å². The van der Waals surface area contributed by atoms with E-state index in [-0.39, 0.29) is 12.5 Å². The minimum Gasteiger partial charge on any atom is -0.496 e. The lowest BCUT2D eigenvalue weighted by atomic mass is 10.1. The number of ether oxygens (including phenoxy) is 1. The van der Waals surface area contributed by atoms with Gasteiger partial charge in [0.2, 0.25) is 5.91 Å². The maximum Gasteiger partial charge on any atom is 0.248 e. The van der Waals surface area contributed by atoms with Crippen molar-refractivity contribution in [2.75, 3.05) is 12.4 Å². The van der Waals surface area contributed by atoms with Crippen LogP contribution in [-0.2, 0) is 11.4 Å². The fourth-order valence-electron chi connectivity index (χ4n) is 3.20. The number of rotatable bonds is 7. The van der Waals surface area contributed by atoms with Crippen molar-refractivity contribution in [1.29, 1.82) is 0 Å². The minimum absolute atomic E-state index is 0.206. The number of carbonyl (C=O) groups is 1. The molecule has 2 N–H and O–H groups in total. The van der Waals surface area contributed by atoms with Crippen LogP contribution in [0.2, 0.25) is 10.0 Å². The van der Waals surface area contributed by atoms with E-state index in [1.165, 1.54) is 6.08 Å². The van der Waals surface area contributed by atoms with Crippen molar-refractivity contribution in [2.45, 2.75) is 6.61 Å². The number of furan rings is 2. The molecule has 0 aliphatic carbocycles. The molecule has 4 rings (SSSR count). The molecule has 2 heterocycles. The molecular weight excluding hydrogens is 465 g/mol. The van der Waals surface area contributed by atoms with E-state index in [0.29, 0.717) is 55.7 Å². The van der Waals surface area contributed by atoms with Crippen molar-refractivity contribution in [2.24, 2.45) is 0 Å². The molecular formula is C25H19Cl2NO5. The van der Waals surface area contributed by atoms with Gasteiger partial charge in [-0.2, -0.15) is 0 Å². The Morgan fingerprint density at radius 3 is 2.52 bits per heavy atom. The second-order valence-corrected chi connectivity index (χ2v) is 7.83. The lowest BCUT2D eigenvalue weighted by Crippen LogP contribution is -2.07. The maximum absolute atomic E-state index is 12.4. The number of carbonyl (C=O) groups excluding carboxylic acids is 1. The van der Waals surface area contributed by atoms with Gasteiger partial charge in [-0.3, -0.25) is 4.79 Å². The molecule has 0 radical (unpaired) electrons. The van der Waals surface area contributed by atoms with Crippen molar-refractivity contribution in [1.82, 2.24) is 0 Å². The summed E-state index contributed by atoms with van der Waals surface area (Å²) in [6.07, 6.45) is 2.93. The highest BCUT2D eigenvalue weighted by Crippen LogP contribution is 2.34. The topological polar surface area (TPSA) is 84.8 Å². The van der Waals surface area contributed by atoms with Gasteiger partial charge in [-0.25, -0.2) is 0 Å². The molecule has 0 saturated heterocycles. The lowest BCUT2D eigenvalue weighted by Gasteiger charge is -2.09. The quantitative estimate of drug-likeness (QED) is 0.287. The molecule has 33 heavy (non-hydrogen) atoms. The first-order valence-corrected chi connectivity index (χ1v) is 10.6. The van der Waals surface area contributed by atoms with Gasteiger partial charge in [-0.05, 0) is 66.7 Å². The number of aliphatic hydroxyl groups is 1. The van der Waals surface area contributed by atoms with Crippen LogP contribution in [0.15, 0.2) is 75.6 Å². The standard InChI is InChI=1S/C25H19Cl2NO5/c1-31-22-8-3-16(13-20(22)24-10-5-18(14-29)33-24)28-25(30)11-6-17-4-9-23(32-17)19-7-2-15(26)12-21(19)27/h2-13,29H,14H2,1H3,(H,28,30)/b11-6+. The summed E-state index contributed by atoms with van der Waals surface area (Å²) in [7, 11) is 1.55. The molecule has 0 bridgehead atoms. The largest absolute Gasteiger partial charge is 0.496 e. The molecule has 0 saturated carbocycles. The van der Waals surface area contributed by atoms with Crippen LogP contribution in [0.25, 0.3) is 28.7 Å². The minimum atomic E-state index is -0.343. The second kappa shape index (κ2) is 10.0. The number of nitrogens with one attached hydrogen (secondary N) is 1. The Kier molecular flexibility index (Phi) is 6.89. The average Bonchev–Trinajstić information content (AvgIpc) is 3.47. The van der Waals surface area contributed by atoms with Crippen LogP contribution in [0.4, 0.5) is 5.69 Å². The van der Waals surface area contributed by atoms with Gasteiger partial charge in [0.05, 0.1) is 17.7 Å². The van der Waals surface area contributed by atoms with Crippen molar-refractivity contribution < 1.29 is 23.5 Å². The van der Waals surface area contributed by atoms with Gasteiger partial charge in [0, 0.05) is 22.3 Å². The van der Waals surface area contributed by atoms with Crippen LogP contribution < -0.4 is 10.1 Å². The van der Waals surface area contributed by atoms with Gasteiger partial charge in [0.25, 0.3) is 0 Å². The fraction of sp³-hybridized carbons (Fsp3) is 0.0800. The average molecular weight is 484 g/mol. The Hall–Kier alpha value is -3.45. The molecule has 8 heteroatoms. The van der Waals surface area contributed by atoms with Crippen LogP contribution in [0.3, 0.4) is 0 Å². The number of anilines is 1. The van der Waals surface area contributed by atoms with Crippen molar-refractivity contribution in [3.63, 3.8) is 0 Å². The summed E-state index contributed by atoms with van der Waals surface area (Å²) in [4.78, 5) is 12.4. The van der Waals surface area contributed by atoms with E-state index in [1.807, 2.05) is 0 Å². The van der Waals surface area contributed by atoms with Crippen LogP contribution >= 0.6 is 23.2 Å². The Labute approximate surface area is 200 Å². The molecule has 6 nitrogen and oxygen atoms in total. The predicted octanol–water partition coefficient (Wildman–Crippen LogP) is 6.67. The van der Waals surface area contributed by atoms with Gasteiger partial charge in [-0.15, -0.1) is 0 Å². The number of benzene rings is 2. The number of methoxy groups -OCH3 is 1. The van der Waals surface area contributed by atoms with E-state index in [0.717, 1.165) is 0 Å². The number of hydrogen-bond donors (Lipinski definition) is 2. The fourth-order valence-corrected chi connectivity index (χ4v) is 3.71. The maximum atomic E-state index is 12.4. The molecule has 168 valence electrons. The van der Waals surface area contributed by atoms with E-state index >= 15 is 0 Å². The molecule has 0 fully saturated rings. The third kappa shape index (κ3) is 5.31. The summed E-state index contributed by atoms with van der Waals surface area (Å²) in [6, 6.07) is 17.2. The highest BCUT2D eigenvalue weighted by Gasteiger charge is 2.13. The first-order chi connectivity index (χ1) is 16.0. The van der Waals surface area contributed by atoms with Crippen molar-refractivity contribution in [3.05, 3.63) is 88.3 Å². The van der Waals surface area contributed by atoms with E-state index in [9.17, 15) is 9.90 Å². The zero-order valence-electron chi connectivity index (χ0n) is 17.5. The zero-order valence-corrected chi connectivity index (χ0v) is 19.0. The molecule has 0 spiro atoms. The van der Waals surface area contributed by atoms with Crippen LogP contribution in [0.5, 0.6) is 5.75 Å². The molecule has 2 aromatic carbocycles. The summed E-state index contributed by atoms with van der Waals surface area (Å²) in [5, 5.41) is 13.0. The van der Waals surface area contributed by atoms with E-state index in [2.05, 4.69) is 5.32 Å². The summed E-state index contributed by atoms with van der Waals surface area (Å²) >= 11 is 12.2. The third-order valence-corrected chi connectivity index (χ3v) is 5.32. The molecule has 0 aliphatic heterocycles. The van der Waals surface area contributed by atoms with Gasteiger partial charge < -0.3 is 24.0 Å².